The molecule has 0 N–H and O–H groups in total. The summed E-state index contributed by atoms with van der Waals surface area (Å²) in [5, 5.41) is 0. The van der Waals surface area contributed by atoms with E-state index in [9.17, 15) is 4.39 Å². The van der Waals surface area contributed by atoms with Crippen LogP contribution in [0.15, 0.2) is 12.1 Å². The Morgan fingerprint density at radius 1 is 1.45 bits per heavy atom. The standard InChI is InChI=1S/C8H11FNP/c1-5(2)6-3-4-7(9)10-8(6)11/h3-5H,11H2,1-2H3. The van der Waals surface area contributed by atoms with Crippen LogP contribution in [0.2, 0.25) is 0 Å². The number of rotatable bonds is 1. The fourth-order valence-corrected chi connectivity index (χ4v) is 1.50. The molecule has 0 radical (unpaired) electrons. The molecule has 0 aliphatic heterocycles. The zero-order valence-electron chi connectivity index (χ0n) is 6.63. The molecule has 0 aliphatic rings. The SMILES string of the molecule is CC(C)c1ccc(F)nc1P. The maximum Gasteiger partial charge on any atom is 0.213 e. The average Bonchev–Trinajstić information content (AvgIpc) is 1.85. The summed E-state index contributed by atoms with van der Waals surface area (Å²) in [4.78, 5) is 3.69. The van der Waals surface area contributed by atoms with Gasteiger partial charge >= 0.3 is 0 Å². The minimum atomic E-state index is -0.417. The van der Waals surface area contributed by atoms with Crippen LogP contribution in [-0.2, 0) is 0 Å². The molecule has 0 bridgehead atoms. The number of pyridine rings is 1. The lowest BCUT2D eigenvalue weighted by molar-refractivity contribution is 0.585. The highest BCUT2D eigenvalue weighted by atomic mass is 31.0. The van der Waals surface area contributed by atoms with E-state index >= 15 is 0 Å². The van der Waals surface area contributed by atoms with Crippen molar-refractivity contribution in [2.24, 2.45) is 0 Å². The molecule has 0 saturated carbocycles. The number of halogens is 1. The maximum absolute atomic E-state index is 12.5. The molecule has 0 amide bonds. The van der Waals surface area contributed by atoms with Gasteiger partial charge in [-0.1, -0.05) is 29.2 Å². The van der Waals surface area contributed by atoms with Crippen LogP contribution >= 0.6 is 9.24 Å². The monoisotopic (exact) mass is 171 g/mol. The van der Waals surface area contributed by atoms with Gasteiger partial charge in [0.2, 0.25) is 5.95 Å². The lowest BCUT2D eigenvalue weighted by Gasteiger charge is -2.06. The van der Waals surface area contributed by atoms with E-state index in [0.29, 0.717) is 11.4 Å². The van der Waals surface area contributed by atoms with Crippen LogP contribution in [0.3, 0.4) is 0 Å². The normalized spacial score (nSPS) is 10.6. The second kappa shape index (κ2) is 3.27. The molecule has 1 nitrogen and oxygen atoms in total. The van der Waals surface area contributed by atoms with Crippen LogP contribution in [-0.4, -0.2) is 4.98 Å². The van der Waals surface area contributed by atoms with Gasteiger partial charge in [0.05, 0.1) is 5.44 Å². The smallest absolute Gasteiger partial charge is 0.213 e. The number of aromatic nitrogens is 1. The molecule has 11 heavy (non-hydrogen) atoms. The molecule has 1 atom stereocenters. The molecule has 1 rings (SSSR count). The lowest BCUT2D eigenvalue weighted by atomic mass is 10.1. The summed E-state index contributed by atoms with van der Waals surface area (Å²) in [6, 6.07) is 3.16. The summed E-state index contributed by atoms with van der Waals surface area (Å²) in [5.41, 5.74) is 1.79. The Labute approximate surface area is 68.2 Å². The minimum Gasteiger partial charge on any atom is -0.220 e. The van der Waals surface area contributed by atoms with Gasteiger partial charge in [-0.05, 0) is 17.5 Å². The fourth-order valence-electron chi connectivity index (χ4n) is 0.949. The highest BCUT2D eigenvalue weighted by Crippen LogP contribution is 2.12. The van der Waals surface area contributed by atoms with Crippen LogP contribution in [0, 0.1) is 5.95 Å². The largest absolute Gasteiger partial charge is 0.220 e. The summed E-state index contributed by atoms with van der Waals surface area (Å²) < 4.78 is 12.5. The molecule has 0 saturated heterocycles. The molecule has 0 spiro atoms. The molecule has 0 aromatic carbocycles. The zero-order valence-corrected chi connectivity index (χ0v) is 7.79. The first-order chi connectivity index (χ1) is 5.11. The van der Waals surface area contributed by atoms with Gasteiger partial charge in [-0.3, -0.25) is 0 Å². The summed E-state index contributed by atoms with van der Waals surface area (Å²) in [7, 11) is 2.44. The van der Waals surface area contributed by atoms with E-state index < -0.39 is 5.95 Å². The molecular formula is C8H11FNP. The van der Waals surface area contributed by atoms with Crippen molar-refractivity contribution in [3.05, 3.63) is 23.6 Å². The molecule has 60 valence electrons. The van der Waals surface area contributed by atoms with Crippen molar-refractivity contribution in [1.29, 1.82) is 0 Å². The van der Waals surface area contributed by atoms with Crippen LogP contribution in [0.5, 0.6) is 0 Å². The Bertz CT molecular complexity index is 260. The van der Waals surface area contributed by atoms with Crippen molar-refractivity contribution in [2.45, 2.75) is 19.8 Å². The molecular weight excluding hydrogens is 160 g/mol. The van der Waals surface area contributed by atoms with E-state index in [0.717, 1.165) is 5.56 Å². The second-order valence-corrected chi connectivity index (χ2v) is 3.31. The Balaban J connectivity index is 3.09. The van der Waals surface area contributed by atoms with Crippen molar-refractivity contribution in [3.63, 3.8) is 0 Å². The predicted octanol–water partition coefficient (Wildman–Crippen LogP) is 1.84. The van der Waals surface area contributed by atoms with Crippen LogP contribution < -0.4 is 5.44 Å². The van der Waals surface area contributed by atoms with Gasteiger partial charge in [-0.15, -0.1) is 0 Å². The van der Waals surface area contributed by atoms with Crippen LogP contribution in [0.25, 0.3) is 0 Å². The topological polar surface area (TPSA) is 12.9 Å². The van der Waals surface area contributed by atoms with Gasteiger partial charge in [-0.2, -0.15) is 4.39 Å². The first kappa shape index (κ1) is 8.61. The van der Waals surface area contributed by atoms with Gasteiger partial charge in [0.25, 0.3) is 0 Å². The van der Waals surface area contributed by atoms with Crippen molar-refractivity contribution >= 4 is 14.7 Å². The van der Waals surface area contributed by atoms with Crippen molar-refractivity contribution in [2.75, 3.05) is 0 Å². The maximum atomic E-state index is 12.5. The Hall–Kier alpha value is -0.490. The average molecular weight is 171 g/mol. The number of hydrogen-bond acceptors (Lipinski definition) is 1. The Morgan fingerprint density at radius 2 is 2.09 bits per heavy atom. The first-order valence-electron chi connectivity index (χ1n) is 3.53. The highest BCUT2D eigenvalue weighted by Gasteiger charge is 2.04. The third kappa shape index (κ3) is 1.97. The third-order valence-corrected chi connectivity index (χ3v) is 2.01. The predicted molar refractivity (Wildman–Crippen MR) is 47.6 cm³/mol. The molecule has 1 aromatic rings. The van der Waals surface area contributed by atoms with E-state index in [1.165, 1.54) is 6.07 Å². The van der Waals surface area contributed by atoms with Crippen molar-refractivity contribution < 1.29 is 4.39 Å². The molecule has 1 aromatic heterocycles. The van der Waals surface area contributed by atoms with E-state index in [-0.39, 0.29) is 0 Å². The molecule has 1 unspecified atom stereocenters. The van der Waals surface area contributed by atoms with Crippen molar-refractivity contribution in [3.8, 4) is 0 Å². The molecule has 3 heteroatoms. The number of nitrogens with zero attached hydrogens (tertiary/aromatic N) is 1. The molecule has 1 heterocycles. The lowest BCUT2D eigenvalue weighted by Crippen LogP contribution is -2.09. The van der Waals surface area contributed by atoms with Gasteiger partial charge in [-0.25, -0.2) is 4.98 Å². The van der Waals surface area contributed by atoms with Gasteiger partial charge < -0.3 is 0 Å². The summed E-state index contributed by atoms with van der Waals surface area (Å²) in [6.07, 6.45) is 0. The van der Waals surface area contributed by atoms with E-state index in [2.05, 4.69) is 28.1 Å². The van der Waals surface area contributed by atoms with Crippen LogP contribution in [0.1, 0.15) is 25.3 Å². The first-order valence-corrected chi connectivity index (χ1v) is 4.11. The molecule has 0 aliphatic carbocycles. The van der Waals surface area contributed by atoms with Gasteiger partial charge in [0.1, 0.15) is 0 Å². The van der Waals surface area contributed by atoms with Crippen molar-refractivity contribution in [1.82, 2.24) is 4.98 Å². The summed E-state index contributed by atoms with van der Waals surface area (Å²) >= 11 is 0. The third-order valence-electron chi connectivity index (χ3n) is 1.55. The van der Waals surface area contributed by atoms with Gasteiger partial charge in [0, 0.05) is 0 Å². The van der Waals surface area contributed by atoms with Gasteiger partial charge in [0.15, 0.2) is 0 Å². The minimum absolute atomic E-state index is 0.399. The number of hydrogen-bond donors (Lipinski definition) is 0. The second-order valence-electron chi connectivity index (χ2n) is 2.76. The Morgan fingerprint density at radius 3 is 2.55 bits per heavy atom. The summed E-state index contributed by atoms with van der Waals surface area (Å²) in [5.74, 6) is -0.0185. The van der Waals surface area contributed by atoms with E-state index in [1.807, 2.05) is 0 Å². The van der Waals surface area contributed by atoms with Crippen LogP contribution in [0.4, 0.5) is 4.39 Å². The summed E-state index contributed by atoms with van der Waals surface area (Å²) in [6.45, 7) is 4.12. The van der Waals surface area contributed by atoms with E-state index in [1.54, 1.807) is 6.07 Å². The highest BCUT2D eigenvalue weighted by molar-refractivity contribution is 7.27. The quantitative estimate of drug-likeness (QED) is 0.464. The molecule has 0 fully saturated rings. The zero-order chi connectivity index (χ0) is 8.43. The Kier molecular flexibility index (Phi) is 2.56. The fraction of sp³-hybridized carbons (Fsp3) is 0.375. The van der Waals surface area contributed by atoms with E-state index in [4.69, 9.17) is 0 Å².